The smallest absolute Gasteiger partial charge is 0.446 e. The molecule has 1 saturated carbocycles. The number of pyridine rings is 1. The summed E-state index contributed by atoms with van der Waals surface area (Å²) >= 11 is -0.203. The van der Waals surface area contributed by atoms with Gasteiger partial charge in [-0.15, -0.1) is 0 Å². The zero-order valence-electron chi connectivity index (χ0n) is 16.0. The largest absolute Gasteiger partial charge is 0.448 e. The number of halogens is 4. The topological polar surface area (TPSA) is 59.5 Å². The van der Waals surface area contributed by atoms with E-state index < -0.39 is 28.3 Å². The molecule has 3 heterocycles. The van der Waals surface area contributed by atoms with Crippen LogP contribution in [0.2, 0.25) is 0 Å². The van der Waals surface area contributed by atoms with Crippen LogP contribution < -0.4 is 0 Å². The third-order valence-corrected chi connectivity index (χ3v) is 6.92. The molecule has 1 unspecified atom stereocenters. The summed E-state index contributed by atoms with van der Waals surface area (Å²) in [4.78, 5) is 30.9. The van der Waals surface area contributed by atoms with E-state index in [0.717, 1.165) is 6.20 Å². The van der Waals surface area contributed by atoms with E-state index in [1.807, 2.05) is 0 Å². The molecule has 3 aliphatic rings. The van der Waals surface area contributed by atoms with Crippen molar-refractivity contribution in [1.82, 2.24) is 9.88 Å². The molecule has 1 atom stereocenters. The highest BCUT2D eigenvalue weighted by Crippen LogP contribution is 2.52. The van der Waals surface area contributed by atoms with Gasteiger partial charge in [-0.25, -0.2) is 9.18 Å². The van der Waals surface area contributed by atoms with Gasteiger partial charge in [0.1, 0.15) is 5.82 Å². The van der Waals surface area contributed by atoms with E-state index in [-0.39, 0.29) is 53.2 Å². The Kier molecular flexibility index (Phi) is 4.38. The van der Waals surface area contributed by atoms with Crippen molar-refractivity contribution >= 4 is 23.6 Å². The van der Waals surface area contributed by atoms with E-state index in [9.17, 15) is 27.2 Å². The Morgan fingerprint density at radius 2 is 1.84 bits per heavy atom. The number of ether oxygens (including phenoxy) is 1. The van der Waals surface area contributed by atoms with Gasteiger partial charge in [0, 0.05) is 24.1 Å². The van der Waals surface area contributed by atoms with Crippen LogP contribution in [0.3, 0.4) is 0 Å². The van der Waals surface area contributed by atoms with Gasteiger partial charge >= 0.3 is 11.5 Å². The fourth-order valence-electron chi connectivity index (χ4n) is 4.61. The van der Waals surface area contributed by atoms with Crippen LogP contribution in [0.25, 0.3) is 0 Å². The van der Waals surface area contributed by atoms with Crippen LogP contribution in [0.15, 0.2) is 41.6 Å². The van der Waals surface area contributed by atoms with Gasteiger partial charge < -0.3 is 9.64 Å². The predicted molar refractivity (Wildman–Crippen MR) is 102 cm³/mol. The first-order valence-electron chi connectivity index (χ1n) is 9.67. The van der Waals surface area contributed by atoms with Gasteiger partial charge in [-0.2, -0.15) is 13.2 Å². The first-order valence-corrected chi connectivity index (χ1v) is 10.5. The summed E-state index contributed by atoms with van der Waals surface area (Å²) in [5.41, 5.74) is -5.52. The summed E-state index contributed by atoms with van der Waals surface area (Å²) in [6, 6.07) is 5.84. The monoisotopic (exact) mass is 452 g/mol. The van der Waals surface area contributed by atoms with Crippen molar-refractivity contribution in [1.29, 1.82) is 0 Å². The number of amides is 1. The standard InChI is InChI=1S/C21H16F4N2O3S/c22-15-10-26-9-14-16(15)20(30-17(14)28)7-8-27(11-20)18(29)19(5-6-19)12-1-3-13(4-2-12)31-21(23,24)25/h1-4,9-10H,5-8,11H2. The van der Waals surface area contributed by atoms with E-state index in [1.54, 1.807) is 17.0 Å². The molecule has 1 aromatic carbocycles. The summed E-state index contributed by atoms with van der Waals surface area (Å²) in [6.07, 6.45) is 3.72. The molecule has 0 bridgehead atoms. The molecule has 2 aromatic rings. The second-order valence-electron chi connectivity index (χ2n) is 8.06. The number of esters is 1. The minimum Gasteiger partial charge on any atom is -0.448 e. The van der Waals surface area contributed by atoms with Gasteiger partial charge in [-0.1, -0.05) is 12.1 Å². The predicted octanol–water partition coefficient (Wildman–Crippen LogP) is 4.16. The molecule has 1 aromatic heterocycles. The number of hydrogen-bond acceptors (Lipinski definition) is 5. The van der Waals surface area contributed by atoms with Crippen molar-refractivity contribution in [3.8, 4) is 0 Å². The molecule has 5 rings (SSSR count). The molecule has 2 fully saturated rings. The van der Waals surface area contributed by atoms with Crippen LogP contribution in [-0.4, -0.2) is 40.4 Å². The van der Waals surface area contributed by atoms with E-state index >= 15 is 0 Å². The summed E-state index contributed by atoms with van der Waals surface area (Å²) in [5.74, 6) is -1.48. The summed E-state index contributed by atoms with van der Waals surface area (Å²) in [5, 5.41) is 0. The number of rotatable bonds is 3. The zero-order chi connectivity index (χ0) is 22.0. The lowest BCUT2D eigenvalue weighted by Gasteiger charge is -2.27. The number of carbonyl (C=O) groups excluding carboxylic acids is 2. The average Bonchev–Trinajstić information content (AvgIpc) is 3.33. The second kappa shape index (κ2) is 6.69. The van der Waals surface area contributed by atoms with Crippen molar-refractivity contribution in [3.63, 3.8) is 0 Å². The first kappa shape index (κ1) is 20.3. The molecule has 1 amide bonds. The maximum Gasteiger partial charge on any atom is 0.446 e. The molecule has 10 heteroatoms. The fraction of sp³-hybridized carbons (Fsp3) is 0.381. The number of likely N-dealkylation sites (tertiary alicyclic amines) is 1. The normalized spacial score (nSPS) is 23.7. The number of carbonyl (C=O) groups is 2. The minimum absolute atomic E-state index is 0.0370. The number of nitrogens with zero attached hydrogens (tertiary/aromatic N) is 2. The molecule has 2 aliphatic heterocycles. The van der Waals surface area contributed by atoms with Crippen LogP contribution >= 0.6 is 11.8 Å². The number of thioether (sulfide) groups is 1. The van der Waals surface area contributed by atoms with Crippen LogP contribution in [0.1, 0.15) is 40.7 Å². The van der Waals surface area contributed by atoms with Crippen LogP contribution in [-0.2, 0) is 20.5 Å². The van der Waals surface area contributed by atoms with Crippen molar-refractivity contribution in [2.24, 2.45) is 0 Å². The van der Waals surface area contributed by atoms with E-state index in [0.29, 0.717) is 18.4 Å². The Morgan fingerprint density at radius 3 is 2.48 bits per heavy atom. The van der Waals surface area contributed by atoms with Gasteiger partial charge in [-0.05, 0) is 42.3 Å². The van der Waals surface area contributed by atoms with E-state index in [2.05, 4.69) is 4.98 Å². The average molecular weight is 452 g/mol. The Labute approximate surface area is 178 Å². The van der Waals surface area contributed by atoms with Crippen molar-refractivity contribution in [2.75, 3.05) is 13.1 Å². The van der Waals surface area contributed by atoms with Crippen LogP contribution in [0.4, 0.5) is 17.6 Å². The molecule has 1 spiro atoms. The van der Waals surface area contributed by atoms with Gasteiger partial charge in [-0.3, -0.25) is 9.78 Å². The lowest BCUT2D eigenvalue weighted by atomic mass is 9.92. The minimum atomic E-state index is -4.38. The highest BCUT2D eigenvalue weighted by Gasteiger charge is 2.58. The Bertz CT molecular complexity index is 1090. The molecule has 162 valence electrons. The molecular weight excluding hydrogens is 436 g/mol. The lowest BCUT2D eigenvalue weighted by Crippen LogP contribution is -2.40. The lowest BCUT2D eigenvalue weighted by molar-refractivity contribution is -0.134. The second-order valence-corrected chi connectivity index (χ2v) is 9.20. The maximum atomic E-state index is 14.5. The third kappa shape index (κ3) is 3.28. The van der Waals surface area contributed by atoms with Crippen LogP contribution in [0.5, 0.6) is 0 Å². The Morgan fingerprint density at radius 1 is 1.13 bits per heavy atom. The molecule has 0 radical (unpaired) electrons. The maximum absolute atomic E-state index is 14.5. The fourth-order valence-corrected chi connectivity index (χ4v) is 5.15. The van der Waals surface area contributed by atoms with Crippen molar-refractivity contribution in [2.45, 2.75) is 40.7 Å². The SMILES string of the molecule is O=C1OC2(CCN(C(=O)C3(c4ccc(SC(F)(F)F)cc4)CC3)C2)c2c(F)cncc21. The molecule has 1 aliphatic carbocycles. The zero-order valence-corrected chi connectivity index (χ0v) is 16.9. The quantitative estimate of drug-likeness (QED) is 0.398. The van der Waals surface area contributed by atoms with Crippen molar-refractivity contribution in [3.05, 3.63) is 59.2 Å². The summed E-state index contributed by atoms with van der Waals surface area (Å²) < 4.78 is 57.7. The highest BCUT2D eigenvalue weighted by molar-refractivity contribution is 8.00. The molecule has 1 saturated heterocycles. The van der Waals surface area contributed by atoms with Gasteiger partial charge in [0.15, 0.2) is 5.60 Å². The molecule has 5 nitrogen and oxygen atoms in total. The molecule has 31 heavy (non-hydrogen) atoms. The third-order valence-electron chi connectivity index (χ3n) is 6.18. The number of alkyl halides is 3. The molecular formula is C21H16F4N2O3S. The van der Waals surface area contributed by atoms with Gasteiger partial charge in [0.2, 0.25) is 5.91 Å². The number of aromatic nitrogens is 1. The Hall–Kier alpha value is -2.62. The van der Waals surface area contributed by atoms with Crippen LogP contribution in [0, 0.1) is 5.82 Å². The van der Waals surface area contributed by atoms with Gasteiger partial charge in [0.05, 0.1) is 29.3 Å². The number of hydrogen-bond donors (Lipinski definition) is 0. The van der Waals surface area contributed by atoms with E-state index in [4.69, 9.17) is 4.74 Å². The first-order chi connectivity index (χ1) is 14.6. The number of fused-ring (bicyclic) bond motifs is 2. The van der Waals surface area contributed by atoms with Gasteiger partial charge in [0.25, 0.3) is 0 Å². The Balaban J connectivity index is 1.37. The molecule has 0 N–H and O–H groups in total. The summed E-state index contributed by atoms with van der Waals surface area (Å²) in [7, 11) is 0. The highest BCUT2D eigenvalue weighted by atomic mass is 32.2. The van der Waals surface area contributed by atoms with Crippen molar-refractivity contribution < 1.29 is 31.9 Å². The van der Waals surface area contributed by atoms with E-state index in [1.165, 1.54) is 18.3 Å². The number of benzene rings is 1. The summed E-state index contributed by atoms with van der Waals surface area (Å²) in [6.45, 7) is 0.326.